The van der Waals surface area contributed by atoms with Crippen LogP contribution in [0, 0.1) is 0 Å². The molecule has 0 N–H and O–H groups in total. The Morgan fingerprint density at radius 1 is 1.23 bits per heavy atom. The number of hydrogen-bond donors (Lipinski definition) is 0. The molecule has 2 heterocycles. The molecule has 0 radical (unpaired) electrons. The van der Waals surface area contributed by atoms with E-state index in [1.807, 2.05) is 0 Å². The van der Waals surface area contributed by atoms with Crippen LogP contribution in [0.4, 0.5) is 8.78 Å². The maximum absolute atomic E-state index is 13.4. The van der Waals surface area contributed by atoms with Crippen molar-refractivity contribution in [2.45, 2.75) is 5.72 Å². The third kappa shape index (κ3) is 2.61. The molecule has 0 spiro atoms. The van der Waals surface area contributed by atoms with Crippen LogP contribution in [0.2, 0.25) is 5.02 Å². The third-order valence-corrected chi connectivity index (χ3v) is 4.42. The first-order valence-electron chi connectivity index (χ1n) is 6.40. The highest BCUT2D eigenvalue weighted by molar-refractivity contribution is 9.10. The lowest BCUT2D eigenvalue weighted by atomic mass is 10.0. The van der Waals surface area contributed by atoms with Crippen LogP contribution in [0.25, 0.3) is 0 Å². The fraction of sp³-hybridized carbons (Fsp3) is 0.200. The quantitative estimate of drug-likeness (QED) is 0.784. The largest absolute Gasteiger partial charge is 0.460 e. The Morgan fingerprint density at radius 3 is 2.64 bits per heavy atom. The minimum Gasteiger partial charge on any atom is -0.460 e. The van der Waals surface area contributed by atoms with Crippen molar-refractivity contribution in [2.75, 3.05) is 13.3 Å². The molecule has 2 aromatic rings. The van der Waals surface area contributed by atoms with Gasteiger partial charge >= 0.3 is 0 Å². The number of benzene rings is 1. The van der Waals surface area contributed by atoms with E-state index >= 15 is 0 Å². The van der Waals surface area contributed by atoms with Gasteiger partial charge in [-0.3, -0.25) is 4.98 Å². The summed E-state index contributed by atoms with van der Waals surface area (Å²) in [5.74, 6) is 0.277. The summed E-state index contributed by atoms with van der Waals surface area (Å²) in [5, 5.41) is 0.382. The van der Waals surface area contributed by atoms with Crippen LogP contribution in [-0.4, -0.2) is 29.8 Å². The van der Waals surface area contributed by atoms with Crippen molar-refractivity contribution in [2.24, 2.45) is 4.99 Å². The molecule has 0 atom stereocenters. The molecule has 7 heteroatoms. The number of fused-ring (bicyclic) bond motifs is 1. The second kappa shape index (κ2) is 5.93. The Balaban J connectivity index is 2.24. The number of alkyl halides is 2. The van der Waals surface area contributed by atoms with Crippen molar-refractivity contribution in [1.29, 1.82) is 0 Å². The number of aromatic nitrogens is 1. The van der Waals surface area contributed by atoms with Crippen LogP contribution < -0.4 is 4.74 Å². The Bertz CT molecular complexity index is 736. The summed E-state index contributed by atoms with van der Waals surface area (Å²) in [6, 6.07) is 8.46. The minimum absolute atomic E-state index is 0.277. The monoisotopic (exact) mass is 386 g/mol. The molecule has 114 valence electrons. The molecule has 3 rings (SSSR count). The van der Waals surface area contributed by atoms with Crippen molar-refractivity contribution < 1.29 is 13.5 Å². The molecule has 0 fully saturated rings. The van der Waals surface area contributed by atoms with E-state index in [1.165, 1.54) is 6.07 Å². The first-order chi connectivity index (χ1) is 10.6. The molecule has 0 unspecified atom stereocenters. The summed E-state index contributed by atoms with van der Waals surface area (Å²) in [5.41, 5.74) is -0.439. The van der Waals surface area contributed by atoms with E-state index in [2.05, 4.69) is 25.9 Å². The van der Waals surface area contributed by atoms with Gasteiger partial charge < -0.3 is 4.74 Å². The highest BCUT2D eigenvalue weighted by Gasteiger charge is 2.39. The summed E-state index contributed by atoms with van der Waals surface area (Å²) in [4.78, 5) is 8.36. The molecule has 22 heavy (non-hydrogen) atoms. The summed E-state index contributed by atoms with van der Waals surface area (Å²) in [6.45, 7) is -2.18. The molecule has 0 aliphatic carbocycles. The lowest BCUT2D eigenvalue weighted by Crippen LogP contribution is -2.43. The van der Waals surface area contributed by atoms with Gasteiger partial charge in [0.25, 0.3) is 5.72 Å². The van der Waals surface area contributed by atoms with Crippen molar-refractivity contribution >= 4 is 33.2 Å². The number of aliphatic imine (C=N–C) groups is 1. The fourth-order valence-electron chi connectivity index (χ4n) is 2.14. The second-order valence-electron chi connectivity index (χ2n) is 4.75. The lowest BCUT2D eigenvalue weighted by Gasteiger charge is -2.32. The van der Waals surface area contributed by atoms with Gasteiger partial charge in [0.15, 0.2) is 13.3 Å². The van der Waals surface area contributed by atoms with Crippen molar-refractivity contribution in [3.63, 3.8) is 0 Å². The first-order valence-corrected chi connectivity index (χ1v) is 7.57. The molecule has 0 bridgehead atoms. The van der Waals surface area contributed by atoms with Crippen LogP contribution in [0.5, 0.6) is 5.75 Å². The molecule has 0 saturated carbocycles. The van der Waals surface area contributed by atoms with Crippen LogP contribution in [0.15, 0.2) is 46.0 Å². The number of halogens is 4. The zero-order valence-corrected chi connectivity index (χ0v) is 13.5. The molecule has 3 nitrogen and oxygen atoms in total. The molecule has 0 saturated heterocycles. The average molecular weight is 388 g/mol. The predicted molar refractivity (Wildman–Crippen MR) is 84.3 cm³/mol. The number of rotatable bonds is 3. The van der Waals surface area contributed by atoms with Crippen molar-refractivity contribution in [3.05, 3.63) is 57.3 Å². The number of hydrogen-bond acceptors (Lipinski definition) is 3. The maximum atomic E-state index is 13.4. The van der Waals surface area contributed by atoms with Gasteiger partial charge in [-0.1, -0.05) is 17.7 Å². The number of ether oxygens (including phenoxy) is 1. The molecule has 1 aliphatic rings. The topological polar surface area (TPSA) is 34.5 Å². The van der Waals surface area contributed by atoms with E-state index < -0.39 is 19.1 Å². The smallest absolute Gasteiger partial charge is 0.257 e. The Hall–Kier alpha value is -1.53. The summed E-state index contributed by atoms with van der Waals surface area (Å²) < 4.78 is 32.8. The molecule has 0 amide bonds. The van der Waals surface area contributed by atoms with E-state index in [4.69, 9.17) is 16.3 Å². The summed E-state index contributed by atoms with van der Waals surface area (Å²) >= 11 is 9.37. The van der Waals surface area contributed by atoms with E-state index in [0.29, 0.717) is 26.5 Å². The number of pyridine rings is 1. The predicted octanol–water partition coefficient (Wildman–Crippen LogP) is 4.36. The Labute approximate surface area is 139 Å². The normalized spacial score (nSPS) is 15.7. The third-order valence-electron chi connectivity index (χ3n) is 3.22. The standard InChI is InChI=1S/C15H10BrClF2N2O/c16-10-5-9-13(6-11(10)17)22-15(7-18,8-19)21-14(9)12-3-1-2-4-20-12/h1-6H,7-8H2. The fourth-order valence-corrected chi connectivity index (χ4v) is 2.63. The van der Waals surface area contributed by atoms with E-state index in [-0.39, 0.29) is 5.75 Å². The summed E-state index contributed by atoms with van der Waals surface area (Å²) in [6.07, 6.45) is 1.59. The average Bonchev–Trinajstić information content (AvgIpc) is 2.56. The molecule has 1 aromatic carbocycles. The van der Waals surface area contributed by atoms with Gasteiger partial charge in [-0.15, -0.1) is 0 Å². The van der Waals surface area contributed by atoms with Gasteiger partial charge in [0.1, 0.15) is 5.75 Å². The van der Waals surface area contributed by atoms with Gasteiger partial charge in [-0.25, -0.2) is 13.8 Å². The van der Waals surface area contributed by atoms with E-state index in [1.54, 1.807) is 30.5 Å². The molecular weight excluding hydrogens is 378 g/mol. The zero-order valence-electron chi connectivity index (χ0n) is 11.2. The second-order valence-corrected chi connectivity index (χ2v) is 6.01. The van der Waals surface area contributed by atoms with Gasteiger partial charge in [0, 0.05) is 22.3 Å². The van der Waals surface area contributed by atoms with Gasteiger partial charge in [0.05, 0.1) is 16.4 Å². The number of nitrogens with zero attached hydrogens (tertiary/aromatic N) is 2. The molecule has 1 aromatic heterocycles. The van der Waals surface area contributed by atoms with Gasteiger partial charge in [-0.05, 0) is 34.1 Å². The first kappa shape index (κ1) is 15.4. The van der Waals surface area contributed by atoms with Crippen LogP contribution >= 0.6 is 27.5 Å². The van der Waals surface area contributed by atoms with E-state index in [0.717, 1.165) is 0 Å². The van der Waals surface area contributed by atoms with Crippen LogP contribution in [0.3, 0.4) is 0 Å². The zero-order chi connectivity index (χ0) is 15.7. The maximum Gasteiger partial charge on any atom is 0.257 e. The molecule has 1 aliphatic heterocycles. The van der Waals surface area contributed by atoms with Gasteiger partial charge in [-0.2, -0.15) is 0 Å². The summed E-state index contributed by atoms with van der Waals surface area (Å²) in [7, 11) is 0. The van der Waals surface area contributed by atoms with Crippen LogP contribution in [0.1, 0.15) is 11.3 Å². The van der Waals surface area contributed by atoms with Crippen LogP contribution in [-0.2, 0) is 0 Å². The highest BCUT2D eigenvalue weighted by atomic mass is 79.9. The lowest BCUT2D eigenvalue weighted by molar-refractivity contribution is 0.0230. The molecular formula is C15H10BrClF2N2O. The SMILES string of the molecule is FCC1(CF)N=C(c2ccccn2)c2cc(Br)c(Cl)cc2O1. The Morgan fingerprint density at radius 2 is 2.00 bits per heavy atom. The van der Waals surface area contributed by atoms with Crippen molar-refractivity contribution in [3.8, 4) is 5.75 Å². The highest BCUT2D eigenvalue weighted by Crippen LogP contribution is 2.38. The van der Waals surface area contributed by atoms with E-state index in [9.17, 15) is 8.78 Å². The van der Waals surface area contributed by atoms with Crippen molar-refractivity contribution in [1.82, 2.24) is 4.98 Å². The Kier molecular flexibility index (Phi) is 4.14. The minimum atomic E-state index is -1.89. The van der Waals surface area contributed by atoms with Gasteiger partial charge in [0.2, 0.25) is 0 Å².